The number of alkyl carbamates (subject to hydrolysis) is 2. The number of benzene rings is 1. The van der Waals surface area contributed by atoms with E-state index < -0.39 is 24.3 Å². The second-order valence-corrected chi connectivity index (χ2v) is 12.9. The SMILES string of the molecule is COC(=O)NC(C)C(=O)N1CCCC1Cc1ncc(CCc2ccc(CCc3cnc(C4CCCN4C(=O)C(C)NC(=O)OC)[nH]3)cc2)[nH]1. The maximum Gasteiger partial charge on any atom is 0.407 e. The summed E-state index contributed by atoms with van der Waals surface area (Å²) in [6.45, 7) is 4.63. The van der Waals surface area contributed by atoms with Crippen LogP contribution in [0.5, 0.6) is 0 Å². The smallest absolute Gasteiger partial charge is 0.407 e. The third kappa shape index (κ3) is 9.18. The number of nitrogens with one attached hydrogen (secondary N) is 4. The molecule has 2 aliphatic heterocycles. The lowest BCUT2D eigenvalue weighted by atomic mass is 10.0. The lowest BCUT2D eigenvalue weighted by Gasteiger charge is -2.27. The van der Waals surface area contributed by atoms with Gasteiger partial charge in [-0.1, -0.05) is 24.3 Å². The number of imidazole rings is 2. The van der Waals surface area contributed by atoms with Crippen LogP contribution in [-0.2, 0) is 51.2 Å². The number of carbonyl (C=O) groups is 4. The number of nitrogens with zero attached hydrogens (tertiary/aromatic N) is 4. The van der Waals surface area contributed by atoms with Gasteiger partial charge in [-0.05, 0) is 76.3 Å². The van der Waals surface area contributed by atoms with Crippen LogP contribution in [0.2, 0.25) is 0 Å². The number of aromatic amines is 2. The minimum absolute atomic E-state index is 0.0431. The molecule has 4 amide bonds. The van der Waals surface area contributed by atoms with Crippen LogP contribution in [0.1, 0.15) is 79.7 Å². The Bertz CT molecular complexity index is 1590. The fourth-order valence-corrected chi connectivity index (χ4v) is 6.71. The van der Waals surface area contributed by atoms with E-state index in [2.05, 4.69) is 64.3 Å². The Labute approximate surface area is 286 Å². The standard InChI is InChI=1S/C35H48N8O6/c1-22(38-34(46)48-3)32(44)42-17-5-7-28(42)19-30-36-20-26(40-30)15-13-24-9-11-25(12-10-24)14-16-27-21-37-31(41-27)29-8-6-18-43(29)33(45)23(2)39-35(47)49-4/h9-12,20-23,28-29H,5-8,13-19H2,1-4H3,(H,36,40)(H,37,41)(H,38,46)(H,39,47). The van der Waals surface area contributed by atoms with Crippen molar-refractivity contribution in [3.63, 3.8) is 0 Å². The summed E-state index contributed by atoms with van der Waals surface area (Å²) in [6, 6.07) is 7.25. The zero-order chi connectivity index (χ0) is 34.9. The third-order valence-corrected chi connectivity index (χ3v) is 9.44. The lowest BCUT2D eigenvalue weighted by Crippen LogP contribution is -2.49. The van der Waals surface area contributed by atoms with Gasteiger partial charge in [0.15, 0.2) is 0 Å². The van der Waals surface area contributed by atoms with Crippen LogP contribution >= 0.6 is 0 Å². The minimum atomic E-state index is -0.678. The van der Waals surface area contributed by atoms with E-state index in [9.17, 15) is 19.2 Å². The molecule has 2 fully saturated rings. The van der Waals surface area contributed by atoms with Crippen LogP contribution in [-0.4, -0.2) is 99.2 Å². The molecule has 3 aromatic rings. The predicted octanol–water partition coefficient (Wildman–Crippen LogP) is 3.39. The van der Waals surface area contributed by atoms with Crippen LogP contribution in [0.4, 0.5) is 9.59 Å². The topological polar surface area (TPSA) is 175 Å². The summed E-state index contributed by atoms with van der Waals surface area (Å²) in [4.78, 5) is 68.7. The second-order valence-electron chi connectivity index (χ2n) is 12.9. The van der Waals surface area contributed by atoms with E-state index >= 15 is 0 Å². The number of aryl methyl sites for hydroxylation is 4. The molecule has 4 unspecified atom stereocenters. The van der Waals surface area contributed by atoms with Gasteiger partial charge < -0.3 is 39.9 Å². The number of carbonyl (C=O) groups excluding carboxylic acids is 4. The molecular formula is C35H48N8O6. The van der Waals surface area contributed by atoms with E-state index in [0.29, 0.717) is 19.5 Å². The molecule has 0 aliphatic carbocycles. The Hall–Kier alpha value is -4.88. The highest BCUT2D eigenvalue weighted by molar-refractivity contribution is 5.86. The number of aromatic nitrogens is 4. The quantitative estimate of drug-likeness (QED) is 0.213. The average Bonchev–Trinajstić information content (AvgIpc) is 3.94. The lowest BCUT2D eigenvalue weighted by molar-refractivity contribution is -0.134. The van der Waals surface area contributed by atoms with Gasteiger partial charge in [-0.2, -0.15) is 0 Å². The molecule has 0 spiro atoms. The van der Waals surface area contributed by atoms with Crippen molar-refractivity contribution >= 4 is 24.0 Å². The van der Waals surface area contributed by atoms with Crippen LogP contribution in [0, 0.1) is 0 Å². The number of amides is 4. The third-order valence-electron chi connectivity index (χ3n) is 9.44. The van der Waals surface area contributed by atoms with E-state index in [1.807, 2.05) is 17.3 Å². The molecule has 14 heteroatoms. The summed E-state index contributed by atoms with van der Waals surface area (Å²) in [6.07, 6.45) is 10.0. The first-order valence-electron chi connectivity index (χ1n) is 17.1. The van der Waals surface area contributed by atoms with Gasteiger partial charge in [-0.25, -0.2) is 19.6 Å². The number of methoxy groups -OCH3 is 2. The molecular weight excluding hydrogens is 628 g/mol. The zero-order valence-corrected chi connectivity index (χ0v) is 28.8. The Morgan fingerprint density at radius 1 is 0.776 bits per heavy atom. The zero-order valence-electron chi connectivity index (χ0n) is 28.8. The van der Waals surface area contributed by atoms with Crippen LogP contribution < -0.4 is 10.6 Å². The van der Waals surface area contributed by atoms with Crippen molar-refractivity contribution in [2.24, 2.45) is 0 Å². The summed E-state index contributed by atoms with van der Waals surface area (Å²) in [5, 5.41) is 5.12. The first-order valence-corrected chi connectivity index (χ1v) is 17.1. The second kappa shape index (κ2) is 16.5. The van der Waals surface area contributed by atoms with Crippen LogP contribution in [0.25, 0.3) is 0 Å². The summed E-state index contributed by atoms with van der Waals surface area (Å²) in [5.41, 5.74) is 4.55. The number of hydrogen-bond donors (Lipinski definition) is 4. The van der Waals surface area contributed by atoms with Gasteiger partial charge in [0.2, 0.25) is 11.8 Å². The van der Waals surface area contributed by atoms with Crippen molar-refractivity contribution in [1.29, 1.82) is 0 Å². The number of hydrogen-bond acceptors (Lipinski definition) is 8. The molecule has 1 aromatic carbocycles. The van der Waals surface area contributed by atoms with Gasteiger partial charge in [0, 0.05) is 49.3 Å². The predicted molar refractivity (Wildman–Crippen MR) is 181 cm³/mol. The van der Waals surface area contributed by atoms with Crippen molar-refractivity contribution in [2.45, 2.75) is 95.8 Å². The van der Waals surface area contributed by atoms with E-state index in [1.54, 1.807) is 18.7 Å². The number of ether oxygens (including phenoxy) is 2. The fourth-order valence-electron chi connectivity index (χ4n) is 6.71. The molecule has 4 atom stereocenters. The van der Waals surface area contributed by atoms with Crippen molar-refractivity contribution in [1.82, 2.24) is 40.4 Å². The maximum atomic E-state index is 13.0. The average molecular weight is 677 g/mol. The van der Waals surface area contributed by atoms with E-state index in [4.69, 9.17) is 0 Å². The maximum absolute atomic E-state index is 13.0. The van der Waals surface area contributed by atoms with E-state index in [-0.39, 0.29) is 23.9 Å². The molecule has 2 aromatic heterocycles. The summed E-state index contributed by atoms with van der Waals surface area (Å²) in [7, 11) is 2.56. The monoisotopic (exact) mass is 676 g/mol. The fraction of sp³-hybridized carbons (Fsp3) is 0.543. The molecule has 5 rings (SSSR count). The van der Waals surface area contributed by atoms with Gasteiger partial charge in [-0.15, -0.1) is 0 Å². The Kier molecular flexibility index (Phi) is 11.9. The normalized spacial score (nSPS) is 18.6. The summed E-state index contributed by atoms with van der Waals surface area (Å²) < 4.78 is 9.26. The molecule has 2 aliphatic rings. The summed E-state index contributed by atoms with van der Waals surface area (Å²) in [5.74, 6) is 1.39. The highest BCUT2D eigenvalue weighted by Gasteiger charge is 2.35. The van der Waals surface area contributed by atoms with Gasteiger partial charge >= 0.3 is 12.2 Å². The first-order chi connectivity index (χ1) is 23.6. The minimum Gasteiger partial charge on any atom is -0.453 e. The van der Waals surface area contributed by atoms with Gasteiger partial charge in [-0.3, -0.25) is 9.59 Å². The molecule has 0 bridgehead atoms. The largest absolute Gasteiger partial charge is 0.453 e. The van der Waals surface area contributed by atoms with E-state index in [0.717, 1.165) is 74.4 Å². The van der Waals surface area contributed by atoms with Crippen LogP contribution in [0.3, 0.4) is 0 Å². The van der Waals surface area contributed by atoms with Crippen molar-refractivity contribution < 1.29 is 28.7 Å². The highest BCUT2D eigenvalue weighted by Crippen LogP contribution is 2.31. The molecule has 2 saturated heterocycles. The molecule has 4 N–H and O–H groups in total. The van der Waals surface area contributed by atoms with Gasteiger partial charge in [0.25, 0.3) is 0 Å². The Morgan fingerprint density at radius 3 is 1.92 bits per heavy atom. The molecule has 0 saturated carbocycles. The Morgan fingerprint density at radius 2 is 1.31 bits per heavy atom. The van der Waals surface area contributed by atoms with E-state index in [1.165, 1.54) is 25.3 Å². The number of rotatable bonds is 13. The molecule has 0 radical (unpaired) electrons. The van der Waals surface area contributed by atoms with Gasteiger partial charge in [0.1, 0.15) is 23.7 Å². The van der Waals surface area contributed by atoms with Crippen molar-refractivity contribution in [3.05, 3.63) is 70.8 Å². The summed E-state index contributed by atoms with van der Waals surface area (Å²) >= 11 is 0. The van der Waals surface area contributed by atoms with Crippen molar-refractivity contribution in [2.75, 3.05) is 27.3 Å². The number of likely N-dealkylation sites (tertiary alicyclic amines) is 2. The molecule has 4 heterocycles. The van der Waals surface area contributed by atoms with Crippen LogP contribution in [0.15, 0.2) is 36.7 Å². The molecule has 49 heavy (non-hydrogen) atoms. The highest BCUT2D eigenvalue weighted by atomic mass is 16.5. The van der Waals surface area contributed by atoms with Gasteiger partial charge in [0.05, 0.1) is 20.3 Å². The number of H-pyrrole nitrogens is 2. The first kappa shape index (κ1) is 35.4. The Balaban J connectivity index is 1.06. The molecule has 264 valence electrons. The molecule has 14 nitrogen and oxygen atoms in total. The van der Waals surface area contributed by atoms with Crippen molar-refractivity contribution in [3.8, 4) is 0 Å².